The van der Waals surface area contributed by atoms with E-state index >= 15 is 0 Å². The van der Waals surface area contributed by atoms with Crippen molar-refractivity contribution in [2.24, 2.45) is 5.92 Å². The summed E-state index contributed by atoms with van der Waals surface area (Å²) < 4.78 is 10.7. The van der Waals surface area contributed by atoms with Crippen LogP contribution in [-0.2, 0) is 25.5 Å². The van der Waals surface area contributed by atoms with Crippen molar-refractivity contribution < 1.29 is 33.8 Å². The van der Waals surface area contributed by atoms with Gasteiger partial charge in [0.25, 0.3) is 5.78 Å². The molecule has 0 saturated heterocycles. The molecule has 0 radical (unpaired) electrons. The molecule has 0 spiro atoms. The lowest BCUT2D eigenvalue weighted by Gasteiger charge is -2.24. The van der Waals surface area contributed by atoms with E-state index in [4.69, 9.17) is 9.47 Å². The van der Waals surface area contributed by atoms with Gasteiger partial charge in [0.1, 0.15) is 23.2 Å². The van der Waals surface area contributed by atoms with Crippen LogP contribution in [0.1, 0.15) is 61.9 Å². The zero-order valence-electron chi connectivity index (χ0n) is 16.4. The van der Waals surface area contributed by atoms with Gasteiger partial charge in [0.15, 0.2) is 0 Å². The Kier molecular flexibility index (Phi) is 7.31. The number of methoxy groups -OCH3 is 1. The lowest BCUT2D eigenvalue weighted by molar-refractivity contribution is -0.144. The Morgan fingerprint density at radius 2 is 1.79 bits per heavy atom. The fraction of sp³-hybridized carbons (Fsp3) is 0.524. The summed E-state index contributed by atoms with van der Waals surface area (Å²) in [6.45, 7) is 3.61. The van der Waals surface area contributed by atoms with Crippen molar-refractivity contribution in [3.63, 3.8) is 0 Å². The lowest BCUT2D eigenvalue weighted by Crippen LogP contribution is -2.28. The Morgan fingerprint density at radius 1 is 1.11 bits per heavy atom. The topological polar surface area (TPSA) is 107 Å². The monoisotopic (exact) mass is 390 g/mol. The number of carbonyl (C=O) groups excluding carboxylic acids is 4. The zero-order chi connectivity index (χ0) is 20.8. The fourth-order valence-corrected chi connectivity index (χ4v) is 3.44. The van der Waals surface area contributed by atoms with E-state index in [1.165, 1.54) is 13.2 Å². The third-order valence-corrected chi connectivity index (χ3v) is 5.19. The summed E-state index contributed by atoms with van der Waals surface area (Å²) in [6.07, 6.45) is 0.782. The number of aryl methyl sites for hydroxylation is 1. The van der Waals surface area contributed by atoms with E-state index in [2.05, 4.69) is 0 Å². The molecule has 1 aromatic rings. The van der Waals surface area contributed by atoms with Crippen molar-refractivity contribution in [1.29, 1.82) is 0 Å². The minimum absolute atomic E-state index is 0.0365. The Labute approximate surface area is 164 Å². The molecule has 0 aromatic heterocycles. The molecule has 152 valence electrons. The summed E-state index contributed by atoms with van der Waals surface area (Å²) in [5.41, 5.74) is 0.500. The van der Waals surface area contributed by atoms with Gasteiger partial charge in [0, 0.05) is 18.9 Å². The summed E-state index contributed by atoms with van der Waals surface area (Å²) in [5, 5.41) is 10.3. The number of esters is 1. The molecule has 7 heteroatoms. The van der Waals surface area contributed by atoms with Crippen LogP contribution in [0.25, 0.3) is 0 Å². The first-order valence-electron chi connectivity index (χ1n) is 9.49. The Bertz CT molecular complexity index is 781. The number of cyclic esters (lactones) is 1. The number of carbonyl (C=O) groups is 4. The van der Waals surface area contributed by atoms with Crippen LogP contribution < -0.4 is 4.74 Å². The van der Waals surface area contributed by atoms with Crippen molar-refractivity contribution in [2.75, 3.05) is 7.11 Å². The third kappa shape index (κ3) is 4.97. The normalized spacial score (nSPS) is 22.2. The molecule has 28 heavy (non-hydrogen) atoms. The summed E-state index contributed by atoms with van der Waals surface area (Å²) in [4.78, 5) is 48.8. The second-order valence-electron chi connectivity index (χ2n) is 7.03. The number of phenols is 1. The van der Waals surface area contributed by atoms with Crippen molar-refractivity contribution in [1.82, 2.24) is 0 Å². The third-order valence-electron chi connectivity index (χ3n) is 5.19. The number of Topliss-reactive ketones (excluding diaryl/α,β-unsaturated/α-hetero) is 3. The summed E-state index contributed by atoms with van der Waals surface area (Å²) in [5.74, 6) is -3.09. The first kappa shape index (κ1) is 21.6. The standard InChI is InChI=1S/C21H26O7/c1-4-13-8-9-17(23)20(25)16(22)7-5-6-14-10-15(27-3)11-18(24)19(14)21(26)28-12(13)2/h10-13,24H,4-9H2,1-3H3/t12-,13+/m0/s1. The van der Waals surface area contributed by atoms with Gasteiger partial charge < -0.3 is 14.6 Å². The highest BCUT2D eigenvalue weighted by atomic mass is 16.5. The SMILES string of the molecule is CC[C@@H]1CCC(=O)C(=O)C(=O)CCCc2cc(OC)cc(O)c2C(=O)O[C@H]1C. The van der Waals surface area contributed by atoms with Gasteiger partial charge in [0.05, 0.1) is 7.11 Å². The number of aromatic hydroxyl groups is 1. The smallest absolute Gasteiger partial charge is 0.342 e. The highest BCUT2D eigenvalue weighted by molar-refractivity contribution is 6.63. The minimum atomic E-state index is -0.967. The van der Waals surface area contributed by atoms with Gasteiger partial charge in [0.2, 0.25) is 11.6 Å². The summed E-state index contributed by atoms with van der Waals surface area (Å²) >= 11 is 0. The molecule has 2 rings (SSSR count). The summed E-state index contributed by atoms with van der Waals surface area (Å²) in [6, 6.07) is 2.93. The molecular formula is C21H26O7. The molecule has 1 aliphatic heterocycles. The molecule has 0 bridgehead atoms. The molecule has 1 heterocycles. The van der Waals surface area contributed by atoms with E-state index in [1.807, 2.05) is 6.92 Å². The number of rotatable bonds is 2. The number of ether oxygens (including phenoxy) is 2. The van der Waals surface area contributed by atoms with E-state index in [1.54, 1.807) is 13.0 Å². The number of hydrogen-bond acceptors (Lipinski definition) is 7. The molecular weight excluding hydrogens is 364 g/mol. The average Bonchev–Trinajstić information content (AvgIpc) is 2.66. The maximum Gasteiger partial charge on any atom is 0.342 e. The van der Waals surface area contributed by atoms with Crippen molar-refractivity contribution in [3.05, 3.63) is 23.3 Å². The number of ketones is 3. The molecule has 2 atom stereocenters. The summed E-state index contributed by atoms with van der Waals surface area (Å²) in [7, 11) is 1.43. The van der Waals surface area contributed by atoms with Crippen molar-refractivity contribution >= 4 is 23.3 Å². The molecule has 0 unspecified atom stereocenters. The van der Waals surface area contributed by atoms with E-state index < -0.39 is 29.4 Å². The molecule has 0 fully saturated rings. The van der Waals surface area contributed by atoms with Crippen LogP contribution in [0.15, 0.2) is 12.1 Å². The van der Waals surface area contributed by atoms with Gasteiger partial charge >= 0.3 is 5.97 Å². The second-order valence-corrected chi connectivity index (χ2v) is 7.03. The Balaban J connectivity index is 2.42. The highest BCUT2D eigenvalue weighted by Crippen LogP contribution is 2.31. The fourth-order valence-electron chi connectivity index (χ4n) is 3.44. The first-order chi connectivity index (χ1) is 13.3. The Hall–Kier alpha value is -2.70. The minimum Gasteiger partial charge on any atom is -0.507 e. The van der Waals surface area contributed by atoms with E-state index in [0.29, 0.717) is 24.2 Å². The second kappa shape index (κ2) is 9.48. The van der Waals surface area contributed by atoms with Gasteiger partial charge in [-0.25, -0.2) is 4.79 Å². The number of hydrogen-bond donors (Lipinski definition) is 1. The van der Waals surface area contributed by atoms with Crippen LogP contribution in [0.5, 0.6) is 11.5 Å². The highest BCUT2D eigenvalue weighted by Gasteiger charge is 2.28. The van der Waals surface area contributed by atoms with Gasteiger partial charge in [-0.2, -0.15) is 0 Å². The van der Waals surface area contributed by atoms with Crippen LogP contribution in [-0.4, -0.2) is 41.6 Å². The number of benzene rings is 1. The maximum absolute atomic E-state index is 12.7. The lowest BCUT2D eigenvalue weighted by atomic mass is 9.91. The molecule has 1 aliphatic rings. The van der Waals surface area contributed by atoms with Gasteiger partial charge in [-0.3, -0.25) is 14.4 Å². The zero-order valence-corrected chi connectivity index (χ0v) is 16.4. The van der Waals surface area contributed by atoms with Crippen LogP contribution >= 0.6 is 0 Å². The van der Waals surface area contributed by atoms with Crippen LogP contribution in [0.2, 0.25) is 0 Å². The predicted octanol–water partition coefficient (Wildman–Crippen LogP) is 2.80. The molecule has 1 N–H and O–H groups in total. The van der Waals surface area contributed by atoms with E-state index in [-0.39, 0.29) is 42.9 Å². The molecule has 7 nitrogen and oxygen atoms in total. The molecule has 0 aliphatic carbocycles. The largest absolute Gasteiger partial charge is 0.507 e. The van der Waals surface area contributed by atoms with Crippen LogP contribution in [0.4, 0.5) is 0 Å². The Morgan fingerprint density at radius 3 is 2.43 bits per heavy atom. The quantitative estimate of drug-likeness (QED) is 0.611. The average molecular weight is 390 g/mol. The molecule has 1 aromatic carbocycles. The van der Waals surface area contributed by atoms with Gasteiger partial charge in [-0.15, -0.1) is 0 Å². The van der Waals surface area contributed by atoms with Gasteiger partial charge in [-0.1, -0.05) is 6.92 Å². The first-order valence-corrected chi connectivity index (χ1v) is 9.49. The molecule has 0 saturated carbocycles. The van der Waals surface area contributed by atoms with Crippen LogP contribution in [0, 0.1) is 5.92 Å². The molecule has 0 amide bonds. The number of phenolic OH excluding ortho intramolecular Hbond substituents is 1. The van der Waals surface area contributed by atoms with Crippen molar-refractivity contribution in [3.8, 4) is 11.5 Å². The maximum atomic E-state index is 12.7. The van der Waals surface area contributed by atoms with E-state index in [0.717, 1.165) is 0 Å². The number of fused-ring (bicyclic) bond motifs is 1. The van der Waals surface area contributed by atoms with Crippen LogP contribution in [0.3, 0.4) is 0 Å². The predicted molar refractivity (Wildman–Crippen MR) is 101 cm³/mol. The van der Waals surface area contributed by atoms with E-state index in [9.17, 15) is 24.3 Å². The van der Waals surface area contributed by atoms with Gasteiger partial charge in [-0.05, 0) is 50.2 Å². The van der Waals surface area contributed by atoms with Crippen molar-refractivity contribution in [2.45, 2.75) is 58.5 Å².